The highest BCUT2D eigenvalue weighted by Crippen LogP contribution is 2.38. The van der Waals surface area contributed by atoms with Gasteiger partial charge in [-0.1, -0.05) is 26.7 Å². The first-order chi connectivity index (χ1) is 18.7. The Hall–Kier alpha value is -1.67. The standard InChI is InChI=1S/C31H52N2O6/c1-19-3-13-25(26(15-19)30(35)36)29(34)32-24-11-9-22(10-12-24)17-21-5-7-23(8-6-21)18-39-33-28-14-4-20(2)16-27(28)31(37)38/h19-28,33H,3-18H2,1-2H3,(H,32,34)(H,35,36)(H,37,38). The smallest absolute Gasteiger partial charge is 0.308 e. The van der Waals surface area contributed by atoms with E-state index in [1.165, 1.54) is 32.1 Å². The average molecular weight is 549 g/mol. The highest BCUT2D eigenvalue weighted by molar-refractivity contribution is 5.85. The Labute approximate surface area is 234 Å². The van der Waals surface area contributed by atoms with Crippen LogP contribution in [0.1, 0.15) is 110 Å². The van der Waals surface area contributed by atoms with Crippen LogP contribution in [0.25, 0.3) is 0 Å². The second-order valence-corrected chi connectivity index (χ2v) is 13.7. The van der Waals surface area contributed by atoms with Crippen LogP contribution in [-0.4, -0.2) is 46.7 Å². The van der Waals surface area contributed by atoms with E-state index >= 15 is 0 Å². The first kappa shape index (κ1) is 30.3. The SMILES string of the molecule is CC1CCC(NOCC2CCC(CC3CCC(NC(=O)C4CCC(C)CC4C(=O)O)CC3)CC2)C(C(=O)O)C1. The minimum absolute atomic E-state index is 0.0377. The maximum Gasteiger partial charge on any atom is 0.308 e. The van der Waals surface area contributed by atoms with Gasteiger partial charge in [0.05, 0.1) is 24.4 Å². The molecule has 0 aromatic carbocycles. The molecule has 0 aromatic rings. The van der Waals surface area contributed by atoms with E-state index < -0.39 is 17.9 Å². The molecular formula is C31H52N2O6. The Morgan fingerprint density at radius 3 is 1.82 bits per heavy atom. The summed E-state index contributed by atoms with van der Waals surface area (Å²) in [6, 6.07) is 0.107. The molecule has 4 aliphatic carbocycles. The molecule has 39 heavy (non-hydrogen) atoms. The molecular weight excluding hydrogens is 496 g/mol. The number of carboxylic acids is 2. The summed E-state index contributed by atoms with van der Waals surface area (Å²) < 4.78 is 0. The molecule has 0 saturated heterocycles. The molecule has 8 heteroatoms. The van der Waals surface area contributed by atoms with Gasteiger partial charge in [-0.2, -0.15) is 5.48 Å². The fourth-order valence-electron chi connectivity index (χ4n) is 7.99. The number of carbonyl (C=O) groups is 3. The molecule has 222 valence electrons. The minimum atomic E-state index is -0.825. The summed E-state index contributed by atoms with van der Waals surface area (Å²) in [7, 11) is 0. The van der Waals surface area contributed by atoms with Gasteiger partial charge in [0.15, 0.2) is 0 Å². The van der Waals surface area contributed by atoms with E-state index in [9.17, 15) is 24.6 Å². The maximum absolute atomic E-state index is 12.9. The van der Waals surface area contributed by atoms with Crippen LogP contribution in [0.2, 0.25) is 0 Å². The van der Waals surface area contributed by atoms with E-state index in [-0.39, 0.29) is 29.8 Å². The summed E-state index contributed by atoms with van der Waals surface area (Å²) in [6.07, 6.45) is 15.3. The molecule has 6 unspecified atom stereocenters. The van der Waals surface area contributed by atoms with Crippen LogP contribution in [0.3, 0.4) is 0 Å². The van der Waals surface area contributed by atoms with Crippen LogP contribution < -0.4 is 10.8 Å². The number of hydrogen-bond acceptors (Lipinski definition) is 5. The zero-order valence-electron chi connectivity index (χ0n) is 24.1. The van der Waals surface area contributed by atoms with Crippen molar-refractivity contribution in [3.8, 4) is 0 Å². The highest BCUT2D eigenvalue weighted by atomic mass is 16.6. The molecule has 0 spiro atoms. The lowest BCUT2D eigenvalue weighted by Crippen LogP contribution is -2.46. The topological polar surface area (TPSA) is 125 Å². The third kappa shape index (κ3) is 8.66. The summed E-state index contributed by atoms with van der Waals surface area (Å²) in [4.78, 5) is 42.1. The third-order valence-corrected chi connectivity index (χ3v) is 10.6. The van der Waals surface area contributed by atoms with Crippen LogP contribution in [0, 0.1) is 47.3 Å². The van der Waals surface area contributed by atoms with Gasteiger partial charge in [-0.3, -0.25) is 14.4 Å². The van der Waals surface area contributed by atoms with Crippen molar-refractivity contribution in [3.05, 3.63) is 0 Å². The third-order valence-electron chi connectivity index (χ3n) is 10.6. The quantitative estimate of drug-likeness (QED) is 0.269. The van der Waals surface area contributed by atoms with Crippen LogP contribution in [0.5, 0.6) is 0 Å². The van der Waals surface area contributed by atoms with Crippen molar-refractivity contribution in [2.75, 3.05) is 6.61 Å². The number of hydrogen-bond donors (Lipinski definition) is 4. The lowest BCUT2D eigenvalue weighted by atomic mass is 9.73. The Morgan fingerprint density at radius 2 is 1.21 bits per heavy atom. The van der Waals surface area contributed by atoms with E-state index in [0.29, 0.717) is 37.2 Å². The van der Waals surface area contributed by atoms with Crippen LogP contribution in [0.15, 0.2) is 0 Å². The lowest BCUT2D eigenvalue weighted by molar-refractivity contribution is -0.150. The van der Waals surface area contributed by atoms with Gasteiger partial charge in [-0.05, 0) is 113 Å². The van der Waals surface area contributed by atoms with Crippen molar-refractivity contribution in [1.82, 2.24) is 10.8 Å². The Balaban J connectivity index is 1.10. The first-order valence-corrected chi connectivity index (χ1v) is 15.8. The van der Waals surface area contributed by atoms with Gasteiger partial charge < -0.3 is 20.4 Å². The second-order valence-electron chi connectivity index (χ2n) is 13.7. The molecule has 0 aliphatic heterocycles. The van der Waals surface area contributed by atoms with Gasteiger partial charge in [0.1, 0.15) is 0 Å². The molecule has 4 aliphatic rings. The van der Waals surface area contributed by atoms with Crippen molar-refractivity contribution in [2.24, 2.45) is 47.3 Å². The van der Waals surface area contributed by atoms with Crippen LogP contribution in [-0.2, 0) is 19.2 Å². The van der Waals surface area contributed by atoms with Crippen molar-refractivity contribution in [1.29, 1.82) is 0 Å². The summed E-state index contributed by atoms with van der Waals surface area (Å²) in [5.74, 6) is 0.0164. The number of carbonyl (C=O) groups excluding carboxylic acids is 1. The molecule has 8 nitrogen and oxygen atoms in total. The van der Waals surface area contributed by atoms with Crippen molar-refractivity contribution in [2.45, 2.75) is 122 Å². The molecule has 0 radical (unpaired) electrons. The minimum Gasteiger partial charge on any atom is -0.481 e. The van der Waals surface area contributed by atoms with Gasteiger partial charge in [0.2, 0.25) is 5.91 Å². The van der Waals surface area contributed by atoms with E-state index in [1.807, 2.05) is 0 Å². The van der Waals surface area contributed by atoms with Crippen molar-refractivity contribution in [3.63, 3.8) is 0 Å². The zero-order valence-corrected chi connectivity index (χ0v) is 24.1. The van der Waals surface area contributed by atoms with Gasteiger partial charge in [-0.25, -0.2) is 0 Å². The van der Waals surface area contributed by atoms with Gasteiger partial charge in [0.25, 0.3) is 0 Å². The molecule has 4 N–H and O–H groups in total. The largest absolute Gasteiger partial charge is 0.481 e. The van der Waals surface area contributed by atoms with E-state index in [0.717, 1.165) is 63.2 Å². The van der Waals surface area contributed by atoms with Gasteiger partial charge in [0, 0.05) is 12.1 Å². The summed E-state index contributed by atoms with van der Waals surface area (Å²) in [6.45, 7) is 4.88. The van der Waals surface area contributed by atoms with E-state index in [2.05, 4.69) is 24.6 Å². The highest BCUT2D eigenvalue weighted by Gasteiger charge is 2.39. The predicted octanol–water partition coefficient (Wildman–Crippen LogP) is 5.41. The van der Waals surface area contributed by atoms with E-state index in [4.69, 9.17) is 4.84 Å². The van der Waals surface area contributed by atoms with E-state index in [1.54, 1.807) is 0 Å². The van der Waals surface area contributed by atoms with Gasteiger partial charge >= 0.3 is 11.9 Å². The zero-order chi connectivity index (χ0) is 27.9. The number of rotatable bonds is 10. The summed E-state index contributed by atoms with van der Waals surface area (Å²) in [5.41, 5.74) is 3.11. The molecule has 0 heterocycles. The molecule has 0 aromatic heterocycles. The summed E-state index contributed by atoms with van der Waals surface area (Å²) >= 11 is 0. The lowest BCUT2D eigenvalue weighted by Gasteiger charge is -2.36. The van der Waals surface area contributed by atoms with Crippen LogP contribution >= 0.6 is 0 Å². The first-order valence-electron chi connectivity index (χ1n) is 15.8. The fourth-order valence-corrected chi connectivity index (χ4v) is 7.99. The fraction of sp³-hybridized carbons (Fsp3) is 0.903. The molecule has 4 fully saturated rings. The van der Waals surface area contributed by atoms with Crippen molar-refractivity contribution < 1.29 is 29.4 Å². The normalized spacial score (nSPS) is 39.5. The number of amides is 1. The number of carboxylic acid groups (broad SMARTS) is 2. The molecule has 6 atom stereocenters. The molecule has 0 bridgehead atoms. The van der Waals surface area contributed by atoms with Crippen LogP contribution in [0.4, 0.5) is 0 Å². The number of hydroxylamine groups is 1. The Kier molecular flexibility index (Phi) is 11.1. The predicted molar refractivity (Wildman–Crippen MR) is 149 cm³/mol. The maximum atomic E-state index is 12.9. The average Bonchev–Trinajstić information content (AvgIpc) is 2.91. The number of aliphatic carboxylic acids is 2. The second kappa shape index (κ2) is 14.3. The van der Waals surface area contributed by atoms with Gasteiger partial charge in [-0.15, -0.1) is 0 Å². The monoisotopic (exact) mass is 548 g/mol. The summed E-state index contributed by atoms with van der Waals surface area (Å²) in [5, 5.41) is 22.4. The molecule has 1 amide bonds. The molecule has 4 saturated carbocycles. The van der Waals surface area contributed by atoms with Crippen molar-refractivity contribution >= 4 is 17.8 Å². The Bertz CT molecular complexity index is 820. The number of nitrogens with one attached hydrogen (secondary N) is 2. The Morgan fingerprint density at radius 1 is 0.667 bits per heavy atom. The molecule has 4 rings (SSSR count).